The molecule has 1 saturated carbocycles. The lowest BCUT2D eigenvalue weighted by Crippen LogP contribution is -2.36. The van der Waals surface area contributed by atoms with Crippen LogP contribution in [0.3, 0.4) is 0 Å². The molecule has 5 heteroatoms. The Morgan fingerprint density at radius 3 is 2.67 bits per heavy atom. The molecule has 2 rings (SSSR count). The zero-order chi connectivity index (χ0) is 15.2. The van der Waals surface area contributed by atoms with Gasteiger partial charge in [-0.3, -0.25) is 4.79 Å². The predicted molar refractivity (Wildman–Crippen MR) is 75.0 cm³/mol. The Labute approximate surface area is 122 Å². The van der Waals surface area contributed by atoms with Crippen molar-refractivity contribution in [1.82, 2.24) is 5.32 Å². The summed E-state index contributed by atoms with van der Waals surface area (Å²) in [5, 5.41) is 11.8. The Bertz CT molecular complexity index is 599. The molecule has 3 nitrogen and oxygen atoms in total. The van der Waals surface area contributed by atoms with E-state index in [2.05, 4.69) is 5.32 Å². The van der Waals surface area contributed by atoms with Crippen molar-refractivity contribution in [3.05, 3.63) is 41.0 Å². The van der Waals surface area contributed by atoms with Crippen LogP contribution >= 0.6 is 0 Å². The van der Waals surface area contributed by atoms with Crippen LogP contribution in [0.2, 0.25) is 0 Å². The molecule has 0 heterocycles. The van der Waals surface area contributed by atoms with Crippen molar-refractivity contribution in [2.45, 2.75) is 38.1 Å². The van der Waals surface area contributed by atoms with E-state index >= 15 is 0 Å². The van der Waals surface area contributed by atoms with Crippen LogP contribution in [-0.4, -0.2) is 11.9 Å². The number of carbonyl (C=O) groups excluding carboxylic acids is 1. The van der Waals surface area contributed by atoms with Gasteiger partial charge in [0.05, 0.1) is 0 Å². The van der Waals surface area contributed by atoms with Gasteiger partial charge in [0, 0.05) is 11.6 Å². The molecule has 0 bridgehead atoms. The summed E-state index contributed by atoms with van der Waals surface area (Å²) in [4.78, 5) is 12.0. The lowest BCUT2D eigenvalue weighted by molar-refractivity contribution is -0.117. The molecule has 110 valence electrons. The Hall–Kier alpha value is -2.22. The number of nitrogens with one attached hydrogen (secondary N) is 1. The van der Waals surface area contributed by atoms with Gasteiger partial charge in [0.25, 0.3) is 5.91 Å². The van der Waals surface area contributed by atoms with Crippen LogP contribution in [0.15, 0.2) is 23.8 Å². The molecule has 1 aromatic rings. The standard InChI is InChI=1S/C16H16F2N2O/c17-13-6-7-15(18)11(9-13)8-12(10-19)16(21)20-14-4-2-1-3-5-14/h6-9,14H,1-5H2,(H,20,21)/b12-8+. The topological polar surface area (TPSA) is 52.9 Å². The van der Waals surface area contributed by atoms with E-state index in [0.717, 1.165) is 56.4 Å². The highest BCUT2D eigenvalue weighted by atomic mass is 19.1. The first-order valence-corrected chi connectivity index (χ1v) is 6.98. The molecule has 0 aliphatic heterocycles. The fourth-order valence-corrected chi connectivity index (χ4v) is 2.44. The van der Waals surface area contributed by atoms with Crippen LogP contribution in [0.25, 0.3) is 6.08 Å². The molecule has 1 N–H and O–H groups in total. The number of hydrogen-bond acceptors (Lipinski definition) is 2. The lowest BCUT2D eigenvalue weighted by Gasteiger charge is -2.22. The highest BCUT2D eigenvalue weighted by Gasteiger charge is 2.18. The fraction of sp³-hybridized carbons (Fsp3) is 0.375. The minimum atomic E-state index is -0.672. The van der Waals surface area contributed by atoms with E-state index < -0.39 is 17.5 Å². The van der Waals surface area contributed by atoms with Gasteiger partial charge in [-0.15, -0.1) is 0 Å². The van der Waals surface area contributed by atoms with E-state index in [1.165, 1.54) is 0 Å². The molecule has 0 radical (unpaired) electrons. The van der Waals surface area contributed by atoms with Crippen molar-refractivity contribution in [2.75, 3.05) is 0 Å². The molecule has 21 heavy (non-hydrogen) atoms. The van der Waals surface area contributed by atoms with Gasteiger partial charge in [0.2, 0.25) is 0 Å². The molecule has 1 aliphatic rings. The van der Waals surface area contributed by atoms with E-state index in [1.807, 2.05) is 0 Å². The third-order valence-electron chi connectivity index (χ3n) is 3.56. The first kappa shape index (κ1) is 15.2. The van der Waals surface area contributed by atoms with E-state index in [9.17, 15) is 13.6 Å². The van der Waals surface area contributed by atoms with Crippen molar-refractivity contribution < 1.29 is 13.6 Å². The predicted octanol–water partition coefficient (Wildman–Crippen LogP) is 3.32. The Morgan fingerprint density at radius 1 is 1.29 bits per heavy atom. The number of hydrogen-bond donors (Lipinski definition) is 1. The average molecular weight is 290 g/mol. The Morgan fingerprint density at radius 2 is 2.00 bits per heavy atom. The number of rotatable bonds is 3. The molecule has 0 atom stereocenters. The summed E-state index contributed by atoms with van der Waals surface area (Å²) in [5.41, 5.74) is -0.324. The molecule has 1 aromatic carbocycles. The van der Waals surface area contributed by atoms with Gasteiger partial charge in [-0.2, -0.15) is 5.26 Å². The van der Waals surface area contributed by atoms with Crippen LogP contribution in [0.1, 0.15) is 37.7 Å². The zero-order valence-electron chi connectivity index (χ0n) is 11.5. The third-order valence-corrected chi connectivity index (χ3v) is 3.56. The summed E-state index contributed by atoms with van der Waals surface area (Å²) >= 11 is 0. The highest BCUT2D eigenvalue weighted by molar-refractivity contribution is 6.01. The molecule has 1 amide bonds. The second kappa shape index (κ2) is 6.98. The number of nitriles is 1. The Balaban J connectivity index is 2.14. The third kappa shape index (κ3) is 4.12. The number of halogens is 2. The fourth-order valence-electron chi connectivity index (χ4n) is 2.44. The van der Waals surface area contributed by atoms with Gasteiger partial charge in [0.1, 0.15) is 23.3 Å². The second-order valence-electron chi connectivity index (χ2n) is 5.14. The largest absolute Gasteiger partial charge is 0.349 e. The van der Waals surface area contributed by atoms with Gasteiger partial charge in [-0.1, -0.05) is 19.3 Å². The normalized spacial score (nSPS) is 16.3. The Kier molecular flexibility index (Phi) is 5.04. The molecule has 0 spiro atoms. The molecular weight excluding hydrogens is 274 g/mol. The van der Waals surface area contributed by atoms with E-state index in [-0.39, 0.29) is 17.2 Å². The number of amides is 1. The van der Waals surface area contributed by atoms with Crippen LogP contribution in [0, 0.1) is 23.0 Å². The summed E-state index contributed by atoms with van der Waals surface area (Å²) in [7, 11) is 0. The average Bonchev–Trinajstić information content (AvgIpc) is 2.49. The van der Waals surface area contributed by atoms with Crippen LogP contribution < -0.4 is 5.32 Å². The van der Waals surface area contributed by atoms with E-state index in [0.29, 0.717) is 0 Å². The smallest absolute Gasteiger partial charge is 0.262 e. The van der Waals surface area contributed by atoms with Crippen LogP contribution in [0.4, 0.5) is 8.78 Å². The summed E-state index contributed by atoms with van der Waals surface area (Å²) in [6, 6.07) is 4.72. The second-order valence-corrected chi connectivity index (χ2v) is 5.14. The number of carbonyl (C=O) groups is 1. The minimum absolute atomic E-state index is 0.0559. The SMILES string of the molecule is N#C/C(=C\c1cc(F)ccc1F)C(=O)NC1CCCCC1. The van der Waals surface area contributed by atoms with Gasteiger partial charge in [-0.25, -0.2) is 8.78 Å². The lowest BCUT2D eigenvalue weighted by atomic mass is 9.95. The number of nitrogens with zero attached hydrogens (tertiary/aromatic N) is 1. The van der Waals surface area contributed by atoms with Crippen LogP contribution in [-0.2, 0) is 4.79 Å². The van der Waals surface area contributed by atoms with E-state index in [1.54, 1.807) is 6.07 Å². The van der Waals surface area contributed by atoms with Crippen molar-refractivity contribution in [3.8, 4) is 6.07 Å². The monoisotopic (exact) mass is 290 g/mol. The summed E-state index contributed by atoms with van der Waals surface area (Å²) in [6.07, 6.45) is 6.11. The van der Waals surface area contributed by atoms with Gasteiger partial charge in [0.15, 0.2) is 0 Å². The van der Waals surface area contributed by atoms with E-state index in [4.69, 9.17) is 5.26 Å². The summed E-state index contributed by atoms with van der Waals surface area (Å²) in [6.45, 7) is 0. The number of benzene rings is 1. The van der Waals surface area contributed by atoms with Gasteiger partial charge >= 0.3 is 0 Å². The maximum Gasteiger partial charge on any atom is 0.262 e. The molecule has 1 aliphatic carbocycles. The van der Waals surface area contributed by atoms with Crippen molar-refractivity contribution in [2.24, 2.45) is 0 Å². The van der Waals surface area contributed by atoms with Gasteiger partial charge in [-0.05, 0) is 37.1 Å². The summed E-state index contributed by atoms with van der Waals surface area (Å²) < 4.78 is 26.6. The highest BCUT2D eigenvalue weighted by Crippen LogP contribution is 2.18. The maximum atomic E-state index is 13.5. The molecule has 0 unspecified atom stereocenters. The first-order valence-electron chi connectivity index (χ1n) is 6.98. The quantitative estimate of drug-likeness (QED) is 0.686. The van der Waals surface area contributed by atoms with Crippen LogP contribution in [0.5, 0.6) is 0 Å². The molecular formula is C16H16F2N2O. The maximum absolute atomic E-state index is 13.5. The van der Waals surface area contributed by atoms with Gasteiger partial charge < -0.3 is 5.32 Å². The minimum Gasteiger partial charge on any atom is -0.349 e. The molecule has 0 saturated heterocycles. The first-order chi connectivity index (χ1) is 10.1. The zero-order valence-corrected chi connectivity index (χ0v) is 11.5. The van der Waals surface area contributed by atoms with Crippen molar-refractivity contribution in [3.63, 3.8) is 0 Å². The molecule has 1 fully saturated rings. The van der Waals surface area contributed by atoms with Crippen molar-refractivity contribution >= 4 is 12.0 Å². The molecule has 0 aromatic heterocycles. The van der Waals surface area contributed by atoms with Crippen molar-refractivity contribution in [1.29, 1.82) is 5.26 Å². The summed E-state index contributed by atoms with van der Waals surface area (Å²) in [5.74, 6) is -1.82.